The van der Waals surface area contributed by atoms with Crippen LogP contribution < -0.4 is 0 Å². The molecule has 1 heterocycles. The molecule has 0 aromatic carbocycles. The van der Waals surface area contributed by atoms with Crippen molar-refractivity contribution in [2.75, 3.05) is 6.61 Å². The second-order valence-electron chi connectivity index (χ2n) is 2.60. The average Bonchev–Trinajstić information content (AvgIpc) is 2.13. The Bertz CT molecular complexity index is 135. The van der Waals surface area contributed by atoms with Crippen LogP contribution in [-0.2, 0) is 0 Å². The molecule has 9 heavy (non-hydrogen) atoms. The lowest BCUT2D eigenvalue weighted by Gasteiger charge is -2.15. The summed E-state index contributed by atoms with van der Waals surface area (Å²) in [6, 6.07) is 0. The molecule has 0 spiro atoms. The van der Waals surface area contributed by atoms with Crippen LogP contribution in [0.5, 0.6) is 0 Å². The molecule has 0 fully saturated rings. The van der Waals surface area contributed by atoms with Gasteiger partial charge in [0.2, 0.25) is 0 Å². The van der Waals surface area contributed by atoms with Gasteiger partial charge in [-0.25, -0.2) is 0 Å². The van der Waals surface area contributed by atoms with E-state index in [9.17, 15) is 5.11 Å². The maximum absolute atomic E-state index is 9.22. The summed E-state index contributed by atoms with van der Waals surface area (Å²) in [7, 11) is 0. The summed E-state index contributed by atoms with van der Waals surface area (Å²) >= 11 is 0. The van der Waals surface area contributed by atoms with Gasteiger partial charge < -0.3 is 10.2 Å². The molecular weight excluding hydrogens is 118 g/mol. The van der Waals surface area contributed by atoms with Crippen molar-refractivity contribution in [2.45, 2.75) is 19.1 Å². The number of nitrogens with zero attached hydrogens (tertiary/aromatic N) is 1. The number of hydrogen-bond donors (Lipinski definition) is 2. The summed E-state index contributed by atoms with van der Waals surface area (Å²) in [6.45, 7) is 1.69. The molecular formula is C6H11NO2. The highest BCUT2D eigenvalue weighted by Crippen LogP contribution is 2.22. The number of rotatable bonds is 1. The summed E-state index contributed by atoms with van der Waals surface area (Å²) in [6.07, 6.45) is 2.22. The zero-order chi connectivity index (χ0) is 6.91. The van der Waals surface area contributed by atoms with Crippen molar-refractivity contribution in [3.8, 4) is 0 Å². The molecule has 0 aliphatic carbocycles. The van der Waals surface area contributed by atoms with E-state index in [4.69, 9.17) is 5.11 Å². The monoisotopic (exact) mass is 129 g/mol. The third-order valence-corrected chi connectivity index (χ3v) is 1.47. The first kappa shape index (κ1) is 6.71. The second-order valence-corrected chi connectivity index (χ2v) is 2.60. The van der Waals surface area contributed by atoms with E-state index in [0.29, 0.717) is 12.3 Å². The zero-order valence-corrected chi connectivity index (χ0v) is 5.41. The number of hydrogen-bond acceptors (Lipinski definition) is 3. The zero-order valence-electron chi connectivity index (χ0n) is 5.41. The maximum atomic E-state index is 9.22. The number of aliphatic hydroxyl groups excluding tert-OH is 1. The fourth-order valence-corrected chi connectivity index (χ4v) is 0.992. The highest BCUT2D eigenvalue weighted by molar-refractivity contribution is 5.63. The fourth-order valence-electron chi connectivity index (χ4n) is 0.992. The molecule has 3 nitrogen and oxygen atoms in total. The van der Waals surface area contributed by atoms with Gasteiger partial charge in [0, 0.05) is 12.6 Å². The molecule has 0 bridgehead atoms. The maximum Gasteiger partial charge on any atom is 0.179 e. The Hall–Kier alpha value is -0.410. The number of aliphatic hydroxyl groups is 2. The minimum absolute atomic E-state index is 0.270. The van der Waals surface area contributed by atoms with Crippen LogP contribution in [0.2, 0.25) is 0 Å². The molecule has 0 amide bonds. The third kappa shape index (κ3) is 1.28. The molecule has 1 aliphatic rings. The number of aliphatic imine (C=N–C) groups is 1. The molecule has 2 atom stereocenters. The summed E-state index contributed by atoms with van der Waals surface area (Å²) < 4.78 is 0. The van der Waals surface area contributed by atoms with E-state index in [2.05, 4.69) is 4.99 Å². The molecule has 0 aromatic rings. The Kier molecular flexibility index (Phi) is 1.55. The van der Waals surface area contributed by atoms with Crippen molar-refractivity contribution in [1.82, 2.24) is 0 Å². The van der Waals surface area contributed by atoms with E-state index in [1.54, 1.807) is 6.21 Å². The fraction of sp³-hybridized carbons (Fsp3) is 0.833. The highest BCUT2D eigenvalue weighted by Gasteiger charge is 2.30. The molecule has 2 unspecified atom stereocenters. The third-order valence-electron chi connectivity index (χ3n) is 1.47. The van der Waals surface area contributed by atoms with E-state index in [0.717, 1.165) is 0 Å². The first-order chi connectivity index (χ1) is 4.16. The van der Waals surface area contributed by atoms with E-state index >= 15 is 0 Å². The molecule has 0 saturated heterocycles. The molecule has 52 valence electrons. The summed E-state index contributed by atoms with van der Waals surface area (Å²) in [4.78, 5) is 3.75. The molecule has 0 aromatic heterocycles. The summed E-state index contributed by atoms with van der Waals surface area (Å²) in [5, 5.41) is 17.8. The lowest BCUT2D eigenvalue weighted by molar-refractivity contribution is -0.00978. The van der Waals surface area contributed by atoms with Crippen molar-refractivity contribution in [3.05, 3.63) is 0 Å². The van der Waals surface area contributed by atoms with Gasteiger partial charge in [-0.15, -0.1) is 0 Å². The van der Waals surface area contributed by atoms with Crippen LogP contribution in [0.4, 0.5) is 0 Å². The Morgan fingerprint density at radius 3 is 2.78 bits per heavy atom. The summed E-state index contributed by atoms with van der Waals surface area (Å²) in [5.41, 5.74) is -1.17. The van der Waals surface area contributed by atoms with Gasteiger partial charge in [0.1, 0.15) is 0 Å². The molecule has 0 radical (unpaired) electrons. The van der Waals surface area contributed by atoms with Gasteiger partial charge in [0.05, 0.1) is 6.61 Å². The van der Waals surface area contributed by atoms with Crippen LogP contribution in [0.25, 0.3) is 0 Å². The smallest absolute Gasteiger partial charge is 0.179 e. The lowest BCUT2D eigenvalue weighted by Crippen LogP contribution is -2.28. The normalized spacial score (nSPS) is 41.9. The Morgan fingerprint density at radius 1 is 1.89 bits per heavy atom. The summed E-state index contributed by atoms with van der Waals surface area (Å²) in [5.74, 6) is 0.294. The predicted molar refractivity (Wildman–Crippen MR) is 34.3 cm³/mol. The lowest BCUT2D eigenvalue weighted by atomic mass is 10.1. The molecule has 1 aliphatic heterocycles. The predicted octanol–water partition coefficient (Wildman–Crippen LogP) is -0.222. The van der Waals surface area contributed by atoms with Gasteiger partial charge in [-0.3, -0.25) is 4.99 Å². The minimum Gasteiger partial charge on any atom is -0.391 e. The Labute approximate surface area is 54.0 Å². The molecule has 3 heteroatoms. The first-order valence-corrected chi connectivity index (χ1v) is 3.05. The van der Waals surface area contributed by atoms with Gasteiger partial charge in [0.25, 0.3) is 0 Å². The molecule has 0 saturated carbocycles. The van der Waals surface area contributed by atoms with Crippen molar-refractivity contribution >= 4 is 6.21 Å². The second kappa shape index (κ2) is 2.08. The van der Waals surface area contributed by atoms with Crippen molar-refractivity contribution in [1.29, 1.82) is 0 Å². The van der Waals surface area contributed by atoms with Crippen molar-refractivity contribution < 1.29 is 10.2 Å². The van der Waals surface area contributed by atoms with E-state index in [-0.39, 0.29) is 6.61 Å². The van der Waals surface area contributed by atoms with Crippen molar-refractivity contribution in [3.63, 3.8) is 0 Å². The van der Waals surface area contributed by atoms with Crippen molar-refractivity contribution in [2.24, 2.45) is 10.9 Å². The Balaban J connectivity index is 2.57. The van der Waals surface area contributed by atoms with Gasteiger partial charge in [-0.2, -0.15) is 0 Å². The van der Waals surface area contributed by atoms with Crippen LogP contribution >= 0.6 is 0 Å². The quantitative estimate of drug-likeness (QED) is 0.514. The SMILES string of the molecule is CC1C=NC(O)(CO)C1. The molecule has 1 rings (SSSR count). The highest BCUT2D eigenvalue weighted by atomic mass is 16.3. The Morgan fingerprint density at radius 2 is 2.56 bits per heavy atom. The largest absolute Gasteiger partial charge is 0.391 e. The van der Waals surface area contributed by atoms with E-state index in [1.165, 1.54) is 0 Å². The van der Waals surface area contributed by atoms with Crippen LogP contribution in [0, 0.1) is 5.92 Å². The van der Waals surface area contributed by atoms with Crippen LogP contribution in [0.3, 0.4) is 0 Å². The van der Waals surface area contributed by atoms with Gasteiger partial charge >= 0.3 is 0 Å². The standard InChI is InChI=1S/C6H11NO2/c1-5-2-6(9,4-8)7-3-5/h3,5,8-9H,2,4H2,1H3. The minimum atomic E-state index is -1.17. The van der Waals surface area contributed by atoms with Crippen LogP contribution in [-0.4, -0.2) is 28.8 Å². The van der Waals surface area contributed by atoms with Gasteiger partial charge in [-0.1, -0.05) is 6.92 Å². The van der Waals surface area contributed by atoms with E-state index in [1.807, 2.05) is 6.92 Å². The van der Waals surface area contributed by atoms with Gasteiger partial charge in [0.15, 0.2) is 5.72 Å². The van der Waals surface area contributed by atoms with Gasteiger partial charge in [-0.05, 0) is 5.92 Å². The van der Waals surface area contributed by atoms with Crippen LogP contribution in [0.15, 0.2) is 4.99 Å². The van der Waals surface area contributed by atoms with E-state index < -0.39 is 5.72 Å². The topological polar surface area (TPSA) is 52.8 Å². The molecule has 2 N–H and O–H groups in total. The average molecular weight is 129 g/mol. The van der Waals surface area contributed by atoms with Crippen LogP contribution in [0.1, 0.15) is 13.3 Å². The first-order valence-electron chi connectivity index (χ1n) is 3.05.